The summed E-state index contributed by atoms with van der Waals surface area (Å²) >= 11 is 1.58. The number of rotatable bonds is 8. The standard InChI is InChI=1S/C26H29N3O2S/c1-28(18-19-10-4-3-5-11-19)16-9-15-27-25(30)23-20-12-6-7-13-21(20)26(31)29(2)24(23)22-14-8-17-32-22/h3-8,10-14,17,23-24H,9,15-16,18H2,1-2H3,(H,27,30)/t23-,24+/m0/s1. The van der Waals surface area contributed by atoms with Gasteiger partial charge in [0, 0.05) is 30.6 Å². The van der Waals surface area contributed by atoms with E-state index in [4.69, 9.17) is 0 Å². The summed E-state index contributed by atoms with van der Waals surface area (Å²) in [6, 6.07) is 21.6. The molecule has 0 spiro atoms. The number of thiophene rings is 1. The minimum absolute atomic E-state index is 0.0269. The summed E-state index contributed by atoms with van der Waals surface area (Å²) in [4.78, 5) is 31.4. The summed E-state index contributed by atoms with van der Waals surface area (Å²) in [6.45, 7) is 2.38. The van der Waals surface area contributed by atoms with Gasteiger partial charge in [0.1, 0.15) is 0 Å². The Balaban J connectivity index is 1.42. The average molecular weight is 448 g/mol. The molecule has 3 aromatic rings. The first kappa shape index (κ1) is 22.2. The summed E-state index contributed by atoms with van der Waals surface area (Å²) in [7, 11) is 3.89. The van der Waals surface area contributed by atoms with Crippen LogP contribution in [0.25, 0.3) is 0 Å². The highest BCUT2D eigenvalue weighted by molar-refractivity contribution is 7.10. The molecular weight excluding hydrogens is 418 g/mol. The van der Waals surface area contributed by atoms with Gasteiger partial charge in [-0.3, -0.25) is 9.59 Å². The molecule has 2 atom stereocenters. The van der Waals surface area contributed by atoms with Crippen molar-refractivity contribution < 1.29 is 9.59 Å². The van der Waals surface area contributed by atoms with Crippen LogP contribution in [0.5, 0.6) is 0 Å². The summed E-state index contributed by atoms with van der Waals surface area (Å²) < 4.78 is 0. The van der Waals surface area contributed by atoms with Crippen molar-refractivity contribution in [3.63, 3.8) is 0 Å². The predicted molar refractivity (Wildman–Crippen MR) is 129 cm³/mol. The van der Waals surface area contributed by atoms with Crippen LogP contribution in [-0.4, -0.2) is 48.8 Å². The van der Waals surface area contributed by atoms with E-state index in [1.807, 2.05) is 47.8 Å². The number of likely N-dealkylation sites (N-methyl/N-ethyl adjacent to an activating group) is 1. The molecule has 0 radical (unpaired) electrons. The van der Waals surface area contributed by atoms with Crippen molar-refractivity contribution in [3.05, 3.63) is 93.7 Å². The molecule has 0 aliphatic carbocycles. The smallest absolute Gasteiger partial charge is 0.254 e. The lowest BCUT2D eigenvalue weighted by atomic mass is 9.81. The molecule has 166 valence electrons. The van der Waals surface area contributed by atoms with Gasteiger partial charge in [0.15, 0.2) is 0 Å². The maximum atomic E-state index is 13.4. The maximum absolute atomic E-state index is 13.4. The fourth-order valence-electron chi connectivity index (χ4n) is 4.42. The molecule has 4 rings (SSSR count). The molecule has 0 saturated carbocycles. The van der Waals surface area contributed by atoms with Gasteiger partial charge in [-0.1, -0.05) is 54.6 Å². The van der Waals surface area contributed by atoms with Crippen LogP contribution >= 0.6 is 11.3 Å². The second kappa shape index (κ2) is 10.1. The van der Waals surface area contributed by atoms with Crippen molar-refractivity contribution in [2.45, 2.75) is 24.9 Å². The molecule has 2 heterocycles. The summed E-state index contributed by atoms with van der Waals surface area (Å²) in [5.74, 6) is -0.485. The van der Waals surface area contributed by atoms with E-state index in [9.17, 15) is 9.59 Å². The van der Waals surface area contributed by atoms with Crippen molar-refractivity contribution in [3.8, 4) is 0 Å². The number of hydrogen-bond acceptors (Lipinski definition) is 4. The van der Waals surface area contributed by atoms with Crippen LogP contribution in [0.15, 0.2) is 72.1 Å². The van der Waals surface area contributed by atoms with Gasteiger partial charge in [-0.2, -0.15) is 0 Å². The highest BCUT2D eigenvalue weighted by Gasteiger charge is 2.42. The number of fused-ring (bicyclic) bond motifs is 1. The molecule has 1 N–H and O–H groups in total. The molecule has 1 aromatic heterocycles. The molecule has 0 bridgehead atoms. The monoisotopic (exact) mass is 447 g/mol. The quantitative estimate of drug-likeness (QED) is 0.524. The van der Waals surface area contributed by atoms with Crippen molar-refractivity contribution in [1.82, 2.24) is 15.1 Å². The summed E-state index contributed by atoms with van der Waals surface area (Å²) in [5, 5.41) is 5.13. The van der Waals surface area contributed by atoms with Crippen LogP contribution in [0.3, 0.4) is 0 Å². The molecule has 0 saturated heterocycles. The third-order valence-corrected chi connectivity index (χ3v) is 6.95. The molecular formula is C26H29N3O2S. The molecule has 5 nitrogen and oxygen atoms in total. The zero-order chi connectivity index (χ0) is 22.5. The number of carbonyl (C=O) groups is 2. The Hall–Kier alpha value is -2.96. The molecule has 1 aliphatic rings. The van der Waals surface area contributed by atoms with Crippen LogP contribution in [-0.2, 0) is 11.3 Å². The van der Waals surface area contributed by atoms with Gasteiger partial charge >= 0.3 is 0 Å². The first-order valence-electron chi connectivity index (χ1n) is 11.0. The van der Waals surface area contributed by atoms with E-state index in [1.54, 1.807) is 23.3 Å². The highest BCUT2D eigenvalue weighted by atomic mass is 32.1. The summed E-state index contributed by atoms with van der Waals surface area (Å²) in [5.41, 5.74) is 2.71. The van der Waals surface area contributed by atoms with Gasteiger partial charge < -0.3 is 15.1 Å². The van der Waals surface area contributed by atoms with Crippen LogP contribution < -0.4 is 5.32 Å². The molecule has 2 amide bonds. The van der Waals surface area contributed by atoms with Crippen molar-refractivity contribution in [2.75, 3.05) is 27.2 Å². The van der Waals surface area contributed by atoms with Gasteiger partial charge in [0.05, 0.1) is 12.0 Å². The number of nitrogens with zero attached hydrogens (tertiary/aromatic N) is 2. The first-order valence-corrected chi connectivity index (χ1v) is 11.8. The van der Waals surface area contributed by atoms with Crippen molar-refractivity contribution in [1.29, 1.82) is 0 Å². The Morgan fingerprint density at radius 2 is 1.81 bits per heavy atom. The van der Waals surface area contributed by atoms with Crippen molar-refractivity contribution in [2.24, 2.45) is 0 Å². The zero-order valence-corrected chi connectivity index (χ0v) is 19.3. The SMILES string of the molecule is CN(CCCNC(=O)[C@H]1c2ccccc2C(=O)N(C)[C@@H]1c1cccs1)Cc1ccccc1. The third kappa shape index (κ3) is 4.76. The van der Waals surface area contributed by atoms with Gasteiger partial charge in [-0.15, -0.1) is 11.3 Å². The lowest BCUT2D eigenvalue weighted by molar-refractivity contribution is -0.124. The molecule has 1 aliphatic heterocycles. The van der Waals surface area contributed by atoms with Crippen LogP contribution in [0.1, 0.15) is 44.7 Å². The molecule has 0 fully saturated rings. The lowest BCUT2D eigenvalue weighted by Gasteiger charge is -2.39. The van der Waals surface area contributed by atoms with E-state index in [0.29, 0.717) is 12.1 Å². The van der Waals surface area contributed by atoms with Gasteiger partial charge in [0.2, 0.25) is 5.91 Å². The zero-order valence-electron chi connectivity index (χ0n) is 18.5. The third-order valence-electron chi connectivity index (χ3n) is 6.01. The second-order valence-corrected chi connectivity index (χ2v) is 9.29. The number of carbonyl (C=O) groups excluding carboxylic acids is 2. The van der Waals surface area contributed by atoms with Gasteiger partial charge in [0.25, 0.3) is 5.91 Å². The van der Waals surface area contributed by atoms with E-state index in [1.165, 1.54) is 5.56 Å². The highest BCUT2D eigenvalue weighted by Crippen LogP contribution is 2.43. The number of benzene rings is 2. The maximum Gasteiger partial charge on any atom is 0.254 e. The minimum atomic E-state index is -0.422. The van der Waals surface area contributed by atoms with E-state index in [0.717, 1.165) is 30.0 Å². The Bertz CT molecular complexity index is 1050. The van der Waals surface area contributed by atoms with Crippen LogP contribution in [0.2, 0.25) is 0 Å². The predicted octanol–water partition coefficient (Wildman–Crippen LogP) is 4.30. The number of hydrogen-bond donors (Lipinski definition) is 1. The summed E-state index contributed by atoms with van der Waals surface area (Å²) in [6.07, 6.45) is 0.863. The lowest BCUT2D eigenvalue weighted by Crippen LogP contribution is -2.45. The number of amides is 2. The molecule has 6 heteroatoms. The van der Waals surface area contributed by atoms with Crippen LogP contribution in [0, 0.1) is 0 Å². The Kier molecular flexibility index (Phi) is 7.02. The van der Waals surface area contributed by atoms with E-state index in [2.05, 4.69) is 41.5 Å². The average Bonchev–Trinajstić information content (AvgIpc) is 3.34. The van der Waals surface area contributed by atoms with Gasteiger partial charge in [-0.05, 0) is 48.7 Å². The second-order valence-electron chi connectivity index (χ2n) is 8.31. The Labute approximate surface area is 193 Å². The van der Waals surface area contributed by atoms with E-state index < -0.39 is 5.92 Å². The topological polar surface area (TPSA) is 52.7 Å². The van der Waals surface area contributed by atoms with Crippen LogP contribution in [0.4, 0.5) is 0 Å². The molecule has 32 heavy (non-hydrogen) atoms. The molecule has 2 aromatic carbocycles. The number of nitrogens with one attached hydrogen (secondary N) is 1. The van der Waals surface area contributed by atoms with Gasteiger partial charge in [-0.25, -0.2) is 0 Å². The van der Waals surface area contributed by atoms with E-state index in [-0.39, 0.29) is 17.9 Å². The fourth-order valence-corrected chi connectivity index (χ4v) is 5.32. The first-order chi connectivity index (χ1) is 15.6. The fraction of sp³-hybridized carbons (Fsp3) is 0.308. The Morgan fingerprint density at radius 1 is 1.06 bits per heavy atom. The molecule has 0 unspecified atom stereocenters. The van der Waals surface area contributed by atoms with Crippen molar-refractivity contribution >= 4 is 23.2 Å². The normalized spacial score (nSPS) is 18.0. The largest absolute Gasteiger partial charge is 0.355 e. The minimum Gasteiger partial charge on any atom is -0.355 e. The Morgan fingerprint density at radius 3 is 2.56 bits per heavy atom. The van der Waals surface area contributed by atoms with E-state index >= 15 is 0 Å².